The van der Waals surface area contributed by atoms with Gasteiger partial charge in [-0.3, -0.25) is 4.79 Å². The number of H-pyrrole nitrogens is 1. The zero-order valence-corrected chi connectivity index (χ0v) is 14.1. The van der Waals surface area contributed by atoms with E-state index < -0.39 is 0 Å². The number of nitrogens with one attached hydrogen (secondary N) is 1. The molecule has 0 saturated carbocycles. The van der Waals surface area contributed by atoms with Crippen molar-refractivity contribution >= 4 is 35.1 Å². The fourth-order valence-corrected chi connectivity index (χ4v) is 3.07. The summed E-state index contributed by atoms with van der Waals surface area (Å²) in [5.74, 6) is 0. The second-order valence-corrected chi connectivity index (χ2v) is 6.25. The van der Waals surface area contributed by atoms with Crippen molar-refractivity contribution in [2.75, 3.05) is 0 Å². The number of aromatic nitrogens is 3. The predicted octanol–water partition coefficient (Wildman–Crippen LogP) is 4.32. The van der Waals surface area contributed by atoms with Crippen molar-refractivity contribution in [3.05, 3.63) is 76.2 Å². The Kier molecular flexibility index (Phi) is 3.67. The topological polar surface area (TPSA) is 50.7 Å². The number of nitrogens with zero attached hydrogens (tertiary/aromatic N) is 2. The lowest BCUT2D eigenvalue weighted by Gasteiger charge is -2.05. The van der Waals surface area contributed by atoms with Gasteiger partial charge < -0.3 is 4.98 Å². The minimum Gasteiger partial charge on any atom is -0.328 e. The van der Waals surface area contributed by atoms with Crippen LogP contribution < -0.4 is 5.56 Å². The van der Waals surface area contributed by atoms with Gasteiger partial charge in [-0.1, -0.05) is 35.9 Å². The molecule has 4 aromatic rings. The predicted molar refractivity (Wildman–Crippen MR) is 99.4 cm³/mol. The molecule has 4 rings (SSSR count). The Labute approximate surface area is 148 Å². The molecule has 2 aromatic heterocycles. The number of hydrogen-bond acceptors (Lipinski definition) is 3. The molecule has 0 fully saturated rings. The Balaban J connectivity index is 2.07. The van der Waals surface area contributed by atoms with Gasteiger partial charge in [-0.2, -0.15) is 5.10 Å². The molecule has 0 aliphatic carbocycles. The van der Waals surface area contributed by atoms with Crippen LogP contribution in [0.3, 0.4) is 0 Å². The molecule has 4 nitrogen and oxygen atoms in total. The monoisotopic (exact) mass is 353 g/mol. The summed E-state index contributed by atoms with van der Waals surface area (Å²) < 4.78 is 1.71. The van der Waals surface area contributed by atoms with Gasteiger partial charge in [0.05, 0.1) is 21.6 Å². The molecule has 118 valence electrons. The van der Waals surface area contributed by atoms with E-state index in [4.69, 9.17) is 11.6 Å². The smallest absolute Gasteiger partial charge is 0.259 e. The number of fused-ring (bicyclic) bond motifs is 1. The van der Waals surface area contributed by atoms with E-state index in [0.29, 0.717) is 21.6 Å². The van der Waals surface area contributed by atoms with Crippen LogP contribution >= 0.6 is 24.2 Å². The minimum atomic E-state index is -0.184. The average Bonchev–Trinajstić information content (AvgIpc) is 2.97. The molecule has 2 aromatic carbocycles. The van der Waals surface area contributed by atoms with Gasteiger partial charge >= 0.3 is 0 Å². The van der Waals surface area contributed by atoms with Crippen molar-refractivity contribution in [2.45, 2.75) is 4.90 Å². The number of thiol groups is 1. The second kappa shape index (κ2) is 5.85. The molecule has 0 atom stereocenters. The van der Waals surface area contributed by atoms with Crippen LogP contribution in [0.2, 0.25) is 5.02 Å². The zero-order valence-electron chi connectivity index (χ0n) is 12.4. The maximum absolute atomic E-state index is 12.4. The molecule has 0 spiro atoms. The Hall–Kier alpha value is -2.50. The van der Waals surface area contributed by atoms with E-state index in [2.05, 4.69) is 22.7 Å². The number of hydrogen-bond donors (Lipinski definition) is 2. The summed E-state index contributed by atoms with van der Waals surface area (Å²) in [6, 6.07) is 16.8. The Morgan fingerprint density at radius 3 is 2.54 bits per heavy atom. The SMILES string of the molecule is O=c1[nH]ccc2c1c(-c1ccc(S)cc1)nn2-c1ccccc1Cl. The highest BCUT2D eigenvalue weighted by Gasteiger charge is 2.17. The highest BCUT2D eigenvalue weighted by Crippen LogP contribution is 2.30. The van der Waals surface area contributed by atoms with E-state index in [1.165, 1.54) is 0 Å². The summed E-state index contributed by atoms with van der Waals surface area (Å²) in [5.41, 5.74) is 2.71. The molecular formula is C18H12ClN3OS. The molecular weight excluding hydrogens is 342 g/mol. The first-order valence-corrected chi connectivity index (χ1v) is 8.12. The fraction of sp³-hybridized carbons (Fsp3) is 0. The van der Waals surface area contributed by atoms with E-state index in [0.717, 1.165) is 16.1 Å². The van der Waals surface area contributed by atoms with Crippen molar-refractivity contribution < 1.29 is 0 Å². The van der Waals surface area contributed by atoms with Crippen molar-refractivity contribution in [3.63, 3.8) is 0 Å². The summed E-state index contributed by atoms with van der Waals surface area (Å²) in [6.07, 6.45) is 1.61. The van der Waals surface area contributed by atoms with Crippen molar-refractivity contribution in [3.8, 4) is 16.9 Å². The minimum absolute atomic E-state index is 0.184. The number of halogens is 1. The van der Waals surface area contributed by atoms with Crippen LogP contribution in [-0.2, 0) is 0 Å². The number of pyridine rings is 1. The molecule has 0 amide bonds. The maximum Gasteiger partial charge on any atom is 0.259 e. The summed E-state index contributed by atoms with van der Waals surface area (Å²) >= 11 is 10.6. The van der Waals surface area contributed by atoms with E-state index in [9.17, 15) is 4.79 Å². The summed E-state index contributed by atoms with van der Waals surface area (Å²) in [5, 5.41) is 5.77. The lowest BCUT2D eigenvalue weighted by molar-refractivity contribution is 0.915. The third-order valence-corrected chi connectivity index (χ3v) is 4.44. The van der Waals surface area contributed by atoms with Crippen LogP contribution in [0.1, 0.15) is 0 Å². The molecule has 0 aliphatic heterocycles. The van der Waals surface area contributed by atoms with E-state index in [1.807, 2.05) is 48.5 Å². The van der Waals surface area contributed by atoms with Gasteiger partial charge in [0.25, 0.3) is 5.56 Å². The fourth-order valence-electron chi connectivity index (χ4n) is 2.71. The Morgan fingerprint density at radius 1 is 1.04 bits per heavy atom. The van der Waals surface area contributed by atoms with Crippen LogP contribution in [0.5, 0.6) is 0 Å². The molecule has 0 bridgehead atoms. The Morgan fingerprint density at radius 2 is 1.79 bits per heavy atom. The van der Waals surface area contributed by atoms with E-state index in [1.54, 1.807) is 16.9 Å². The zero-order chi connectivity index (χ0) is 16.7. The molecule has 0 unspecified atom stereocenters. The van der Waals surface area contributed by atoms with Gasteiger partial charge in [0, 0.05) is 16.7 Å². The highest BCUT2D eigenvalue weighted by molar-refractivity contribution is 7.80. The first-order chi connectivity index (χ1) is 11.6. The molecule has 0 radical (unpaired) electrons. The molecule has 6 heteroatoms. The van der Waals surface area contributed by atoms with Crippen LogP contribution in [0.15, 0.2) is 70.5 Å². The number of rotatable bonds is 2. The molecule has 0 saturated heterocycles. The largest absolute Gasteiger partial charge is 0.328 e. The number of aromatic amines is 1. The van der Waals surface area contributed by atoms with Crippen LogP contribution in [0, 0.1) is 0 Å². The average molecular weight is 354 g/mol. The van der Waals surface area contributed by atoms with Crippen molar-refractivity contribution in [1.82, 2.24) is 14.8 Å². The quantitative estimate of drug-likeness (QED) is 0.527. The summed E-state index contributed by atoms with van der Waals surface area (Å²) in [4.78, 5) is 16.0. The first-order valence-electron chi connectivity index (χ1n) is 7.30. The lowest BCUT2D eigenvalue weighted by atomic mass is 10.1. The second-order valence-electron chi connectivity index (χ2n) is 5.33. The van der Waals surface area contributed by atoms with Crippen molar-refractivity contribution in [1.29, 1.82) is 0 Å². The van der Waals surface area contributed by atoms with E-state index >= 15 is 0 Å². The van der Waals surface area contributed by atoms with Gasteiger partial charge in [-0.05, 0) is 30.3 Å². The van der Waals surface area contributed by atoms with Gasteiger partial charge in [0.1, 0.15) is 5.69 Å². The van der Waals surface area contributed by atoms with Gasteiger partial charge in [-0.25, -0.2) is 4.68 Å². The van der Waals surface area contributed by atoms with Gasteiger partial charge in [0.15, 0.2) is 0 Å². The lowest BCUT2D eigenvalue weighted by Crippen LogP contribution is -2.05. The number of benzene rings is 2. The van der Waals surface area contributed by atoms with Crippen LogP contribution in [-0.4, -0.2) is 14.8 Å². The normalized spacial score (nSPS) is 11.1. The molecule has 0 aliphatic rings. The summed E-state index contributed by atoms with van der Waals surface area (Å²) in [6.45, 7) is 0. The maximum atomic E-state index is 12.4. The third-order valence-electron chi connectivity index (χ3n) is 3.83. The number of para-hydroxylation sites is 1. The van der Waals surface area contributed by atoms with Crippen molar-refractivity contribution in [2.24, 2.45) is 0 Å². The summed E-state index contributed by atoms with van der Waals surface area (Å²) in [7, 11) is 0. The van der Waals surface area contributed by atoms with Gasteiger partial charge in [0.2, 0.25) is 0 Å². The third kappa shape index (κ3) is 2.42. The van der Waals surface area contributed by atoms with Gasteiger partial charge in [-0.15, -0.1) is 12.6 Å². The molecule has 1 N–H and O–H groups in total. The van der Waals surface area contributed by atoms with E-state index in [-0.39, 0.29) is 5.56 Å². The van der Waals surface area contributed by atoms with Crippen LogP contribution in [0.4, 0.5) is 0 Å². The highest BCUT2D eigenvalue weighted by atomic mass is 35.5. The first kappa shape index (κ1) is 15.1. The molecule has 2 heterocycles. The Bertz CT molecular complexity index is 1100. The molecule has 24 heavy (non-hydrogen) atoms. The van der Waals surface area contributed by atoms with Crippen LogP contribution in [0.25, 0.3) is 27.8 Å². The standard InChI is InChI=1S/C18H12ClN3OS/c19-13-3-1-2-4-14(13)22-15-9-10-20-18(23)16(15)17(21-22)11-5-7-12(24)8-6-11/h1-10,24H,(H,20,23).